The van der Waals surface area contributed by atoms with E-state index in [9.17, 15) is 10.1 Å². The van der Waals surface area contributed by atoms with E-state index >= 15 is 0 Å². The molecule has 3 atom stereocenters. The Morgan fingerprint density at radius 3 is 3.05 bits per heavy atom. The lowest BCUT2D eigenvalue weighted by atomic mass is 9.76. The van der Waals surface area contributed by atoms with Crippen molar-refractivity contribution in [1.82, 2.24) is 4.98 Å². The number of hydrogen-bond acceptors (Lipinski definition) is 5. The average molecular weight is 287 g/mol. The van der Waals surface area contributed by atoms with Crippen molar-refractivity contribution in [1.29, 1.82) is 0 Å². The van der Waals surface area contributed by atoms with E-state index in [-0.39, 0.29) is 11.6 Å². The summed E-state index contributed by atoms with van der Waals surface area (Å²) in [6.07, 6.45) is 5.19. The van der Waals surface area contributed by atoms with Crippen molar-refractivity contribution in [2.24, 2.45) is 11.0 Å². The van der Waals surface area contributed by atoms with Crippen LogP contribution in [0.1, 0.15) is 18.9 Å². The van der Waals surface area contributed by atoms with E-state index < -0.39 is 16.6 Å². The summed E-state index contributed by atoms with van der Waals surface area (Å²) < 4.78 is 5.52. The average Bonchev–Trinajstić information content (AvgIpc) is 3.26. The zero-order valence-electron chi connectivity index (χ0n) is 11.3. The van der Waals surface area contributed by atoms with Gasteiger partial charge in [-0.2, -0.15) is 0 Å². The maximum Gasteiger partial charge on any atom is 0.294 e. The molecule has 1 aromatic rings. The summed E-state index contributed by atoms with van der Waals surface area (Å²) in [5.41, 5.74) is 9.57. The lowest BCUT2D eigenvalue weighted by molar-refractivity contribution is -0.385. The van der Waals surface area contributed by atoms with Crippen molar-refractivity contribution in [3.63, 3.8) is 0 Å². The van der Waals surface area contributed by atoms with Gasteiger partial charge in [0.2, 0.25) is 0 Å². The molecule has 2 heterocycles. The van der Waals surface area contributed by atoms with Crippen LogP contribution < -0.4 is 0 Å². The summed E-state index contributed by atoms with van der Waals surface area (Å²) in [6.45, 7) is 2.56. The molecule has 1 saturated heterocycles. The van der Waals surface area contributed by atoms with Crippen molar-refractivity contribution in [3.8, 4) is 0 Å². The van der Waals surface area contributed by atoms with Crippen LogP contribution in [0, 0.1) is 16.0 Å². The van der Waals surface area contributed by atoms with Crippen LogP contribution >= 0.6 is 0 Å². The number of rotatable bonds is 3. The zero-order valence-corrected chi connectivity index (χ0v) is 11.3. The number of nitrogens with zero attached hydrogens (tertiary/aromatic N) is 5. The number of azide groups is 1. The molecule has 0 radical (unpaired) electrons. The lowest BCUT2D eigenvalue weighted by Gasteiger charge is -2.30. The van der Waals surface area contributed by atoms with Gasteiger partial charge in [0.25, 0.3) is 5.69 Å². The second-order valence-electron chi connectivity index (χ2n) is 5.34. The number of aromatic nitrogens is 1. The molecule has 3 rings (SSSR count). The standard InChI is InChI=1S/C13H13N5O3/c1-8-4-9(5-12(16-17-14)13(8)7-21-13)10-2-3-15-6-11(10)18(19)20/h2-3,5-6,8,12H,4,7H2,1H3. The first-order valence-corrected chi connectivity index (χ1v) is 6.56. The van der Waals surface area contributed by atoms with Gasteiger partial charge in [0.15, 0.2) is 0 Å². The van der Waals surface area contributed by atoms with Crippen molar-refractivity contribution in [2.45, 2.75) is 25.0 Å². The molecular formula is C13H13N5O3. The van der Waals surface area contributed by atoms with Crippen LogP contribution in [0.25, 0.3) is 16.0 Å². The van der Waals surface area contributed by atoms with Gasteiger partial charge >= 0.3 is 0 Å². The smallest absolute Gasteiger partial charge is 0.294 e. The number of ether oxygens (including phenoxy) is 1. The van der Waals surface area contributed by atoms with E-state index in [1.165, 1.54) is 12.4 Å². The number of allylic oxidation sites excluding steroid dienone is 1. The molecule has 8 heteroatoms. The molecule has 1 aromatic heterocycles. The summed E-state index contributed by atoms with van der Waals surface area (Å²) in [7, 11) is 0. The second kappa shape index (κ2) is 4.83. The third kappa shape index (κ3) is 2.14. The Hall–Kier alpha value is -2.44. The van der Waals surface area contributed by atoms with Crippen LogP contribution in [0.15, 0.2) is 29.7 Å². The molecule has 1 aliphatic heterocycles. The fourth-order valence-electron chi connectivity index (χ4n) is 2.92. The van der Waals surface area contributed by atoms with Gasteiger partial charge in [0, 0.05) is 11.1 Å². The highest BCUT2D eigenvalue weighted by atomic mass is 16.6. The molecule has 2 aliphatic rings. The number of nitro groups is 1. The first-order valence-electron chi connectivity index (χ1n) is 6.56. The van der Waals surface area contributed by atoms with Crippen molar-refractivity contribution in [3.05, 3.63) is 50.7 Å². The first-order chi connectivity index (χ1) is 10.1. The Balaban J connectivity index is 2.07. The van der Waals surface area contributed by atoms with Gasteiger partial charge < -0.3 is 4.74 Å². The van der Waals surface area contributed by atoms with Crippen molar-refractivity contribution < 1.29 is 9.66 Å². The lowest BCUT2D eigenvalue weighted by Crippen LogP contribution is -2.37. The van der Waals surface area contributed by atoms with Gasteiger partial charge in [0.05, 0.1) is 23.1 Å². The molecule has 0 amide bonds. The summed E-state index contributed by atoms with van der Waals surface area (Å²) in [4.78, 5) is 17.3. The maximum absolute atomic E-state index is 11.1. The SMILES string of the molecule is CC1CC(c2ccncc2[N+](=O)[O-])=CC(N=[N+]=[N-])C12CO2. The fraction of sp³-hybridized carbons (Fsp3) is 0.462. The molecule has 1 spiro atoms. The second-order valence-corrected chi connectivity index (χ2v) is 5.34. The molecule has 8 nitrogen and oxygen atoms in total. The van der Waals surface area contributed by atoms with Gasteiger partial charge in [-0.1, -0.05) is 18.1 Å². The van der Waals surface area contributed by atoms with Crippen molar-refractivity contribution >= 4 is 11.3 Å². The largest absolute Gasteiger partial charge is 0.369 e. The summed E-state index contributed by atoms with van der Waals surface area (Å²) >= 11 is 0. The van der Waals surface area contributed by atoms with Crippen LogP contribution in [0.3, 0.4) is 0 Å². The summed E-state index contributed by atoms with van der Waals surface area (Å²) in [5, 5.41) is 14.9. The van der Waals surface area contributed by atoms with E-state index in [1.807, 2.05) is 6.92 Å². The third-order valence-electron chi connectivity index (χ3n) is 4.22. The predicted octanol–water partition coefficient (Wildman–Crippen LogP) is 2.86. The Bertz CT molecular complexity index is 676. The van der Waals surface area contributed by atoms with Gasteiger partial charge in [0.1, 0.15) is 11.8 Å². The van der Waals surface area contributed by atoms with Gasteiger partial charge in [-0.25, -0.2) is 0 Å². The highest BCUT2D eigenvalue weighted by molar-refractivity contribution is 5.74. The minimum absolute atomic E-state index is 0.0386. The molecule has 21 heavy (non-hydrogen) atoms. The molecule has 0 saturated carbocycles. The van der Waals surface area contributed by atoms with E-state index in [0.717, 1.165) is 5.57 Å². The highest BCUT2D eigenvalue weighted by Gasteiger charge is 2.56. The van der Waals surface area contributed by atoms with Crippen LogP contribution in [-0.4, -0.2) is 28.2 Å². The zero-order chi connectivity index (χ0) is 15.0. The highest BCUT2D eigenvalue weighted by Crippen LogP contribution is 2.49. The molecule has 108 valence electrons. The van der Waals surface area contributed by atoms with Crippen LogP contribution in [0.2, 0.25) is 0 Å². The van der Waals surface area contributed by atoms with E-state index in [4.69, 9.17) is 10.3 Å². The topological polar surface area (TPSA) is 117 Å². The Labute approximate surface area is 120 Å². The molecule has 0 N–H and O–H groups in total. The number of hydrogen-bond donors (Lipinski definition) is 0. The minimum atomic E-state index is -0.450. The maximum atomic E-state index is 11.1. The van der Waals surface area contributed by atoms with Crippen molar-refractivity contribution in [2.75, 3.05) is 6.61 Å². The van der Waals surface area contributed by atoms with Crippen LogP contribution in [-0.2, 0) is 4.74 Å². The Morgan fingerprint density at radius 2 is 2.43 bits per heavy atom. The van der Waals surface area contributed by atoms with Gasteiger partial charge in [-0.15, -0.1) is 0 Å². The quantitative estimate of drug-likeness (QED) is 0.212. The van der Waals surface area contributed by atoms with Crippen LogP contribution in [0.5, 0.6) is 0 Å². The molecule has 3 unspecified atom stereocenters. The first kappa shape index (κ1) is 13.5. The van der Waals surface area contributed by atoms with Crippen LogP contribution in [0.4, 0.5) is 5.69 Å². The molecular weight excluding hydrogens is 274 g/mol. The van der Waals surface area contributed by atoms with Gasteiger partial charge in [-0.05, 0) is 29.5 Å². The monoisotopic (exact) mass is 287 g/mol. The number of pyridine rings is 1. The Kier molecular flexibility index (Phi) is 3.12. The number of epoxide rings is 1. The minimum Gasteiger partial charge on any atom is -0.369 e. The van der Waals surface area contributed by atoms with E-state index in [1.54, 1.807) is 12.1 Å². The predicted molar refractivity (Wildman–Crippen MR) is 74.3 cm³/mol. The van der Waals surface area contributed by atoms with E-state index in [0.29, 0.717) is 18.6 Å². The normalized spacial score (nSPS) is 30.4. The van der Waals surface area contributed by atoms with E-state index in [2.05, 4.69) is 15.0 Å². The third-order valence-corrected chi connectivity index (χ3v) is 4.22. The summed E-state index contributed by atoms with van der Waals surface area (Å²) in [5.74, 6) is 0.126. The Morgan fingerprint density at radius 1 is 1.67 bits per heavy atom. The van der Waals surface area contributed by atoms with Gasteiger partial charge in [-0.3, -0.25) is 15.1 Å². The molecule has 1 fully saturated rings. The summed E-state index contributed by atoms with van der Waals surface area (Å²) in [6, 6.07) is 1.18. The molecule has 1 aliphatic carbocycles. The molecule has 0 bridgehead atoms. The molecule has 0 aromatic carbocycles. The fourth-order valence-corrected chi connectivity index (χ4v) is 2.92.